The quantitative estimate of drug-likeness (QED) is 0.883. The van der Waals surface area contributed by atoms with Crippen LogP contribution in [0.5, 0.6) is 5.75 Å². The molecule has 0 radical (unpaired) electrons. The maximum Gasteiger partial charge on any atom is 0.147 e. The van der Waals surface area contributed by atoms with Gasteiger partial charge in [0.2, 0.25) is 0 Å². The number of rotatable bonds is 5. The van der Waals surface area contributed by atoms with Gasteiger partial charge >= 0.3 is 0 Å². The molecule has 0 aliphatic heterocycles. The summed E-state index contributed by atoms with van der Waals surface area (Å²) in [5.41, 5.74) is 6.77. The van der Waals surface area contributed by atoms with Crippen molar-refractivity contribution in [3.8, 4) is 5.75 Å². The van der Waals surface area contributed by atoms with Gasteiger partial charge in [-0.25, -0.2) is 0 Å². The van der Waals surface area contributed by atoms with Crippen LogP contribution in [-0.2, 0) is 6.42 Å². The van der Waals surface area contributed by atoms with Crippen LogP contribution >= 0.6 is 31.9 Å². The minimum absolute atomic E-state index is 0.668. The fourth-order valence-electron chi connectivity index (χ4n) is 1.55. The number of benzene rings is 1. The van der Waals surface area contributed by atoms with Gasteiger partial charge in [0.05, 0.1) is 15.6 Å². The van der Waals surface area contributed by atoms with Gasteiger partial charge in [-0.05, 0) is 81.3 Å². The third kappa shape index (κ3) is 3.22. The Labute approximate surface area is 113 Å². The second kappa shape index (κ2) is 5.52. The van der Waals surface area contributed by atoms with Crippen LogP contribution in [0, 0.1) is 5.92 Å². The standard InChI is InChI=1S/C12H15Br2NO/c13-10-5-9(3-4-15)6-11(14)12(10)16-7-8-1-2-8/h5-6,8H,1-4,7,15H2. The van der Waals surface area contributed by atoms with Gasteiger partial charge in [-0.2, -0.15) is 0 Å². The molecule has 2 nitrogen and oxygen atoms in total. The van der Waals surface area contributed by atoms with Gasteiger partial charge in [0, 0.05) is 0 Å². The van der Waals surface area contributed by atoms with Crippen molar-refractivity contribution >= 4 is 31.9 Å². The Bertz CT molecular complexity index is 354. The van der Waals surface area contributed by atoms with Gasteiger partial charge in [0.25, 0.3) is 0 Å². The molecular formula is C12H15Br2NO. The Kier molecular flexibility index (Phi) is 4.27. The molecule has 2 rings (SSSR count). The maximum atomic E-state index is 5.80. The highest BCUT2D eigenvalue weighted by atomic mass is 79.9. The first-order valence-corrected chi connectivity index (χ1v) is 7.10. The molecule has 0 bridgehead atoms. The summed E-state index contributed by atoms with van der Waals surface area (Å²) in [6.07, 6.45) is 3.50. The molecule has 1 aromatic rings. The molecule has 0 unspecified atom stereocenters. The Balaban J connectivity index is 2.10. The molecule has 0 aromatic heterocycles. The zero-order chi connectivity index (χ0) is 11.5. The monoisotopic (exact) mass is 347 g/mol. The van der Waals surface area contributed by atoms with E-state index < -0.39 is 0 Å². The van der Waals surface area contributed by atoms with Gasteiger partial charge in [0.1, 0.15) is 5.75 Å². The van der Waals surface area contributed by atoms with Crippen LogP contribution in [0.15, 0.2) is 21.1 Å². The molecule has 16 heavy (non-hydrogen) atoms. The van der Waals surface area contributed by atoms with Crippen molar-refractivity contribution < 1.29 is 4.74 Å². The van der Waals surface area contributed by atoms with Gasteiger partial charge in [-0.15, -0.1) is 0 Å². The van der Waals surface area contributed by atoms with Crippen LogP contribution in [0.25, 0.3) is 0 Å². The molecule has 0 amide bonds. The van der Waals surface area contributed by atoms with Gasteiger partial charge in [-0.1, -0.05) is 0 Å². The van der Waals surface area contributed by atoms with E-state index in [1.54, 1.807) is 0 Å². The van der Waals surface area contributed by atoms with E-state index in [4.69, 9.17) is 10.5 Å². The average molecular weight is 349 g/mol. The van der Waals surface area contributed by atoms with E-state index in [2.05, 4.69) is 44.0 Å². The van der Waals surface area contributed by atoms with Crippen LogP contribution in [-0.4, -0.2) is 13.2 Å². The van der Waals surface area contributed by atoms with Crippen molar-refractivity contribution in [3.05, 3.63) is 26.6 Å². The Morgan fingerprint density at radius 2 is 1.88 bits per heavy atom. The van der Waals surface area contributed by atoms with Gasteiger partial charge in [0.15, 0.2) is 0 Å². The topological polar surface area (TPSA) is 35.2 Å². The van der Waals surface area contributed by atoms with Crippen molar-refractivity contribution in [1.29, 1.82) is 0 Å². The maximum absolute atomic E-state index is 5.80. The van der Waals surface area contributed by atoms with E-state index in [9.17, 15) is 0 Å². The molecule has 0 heterocycles. The zero-order valence-corrected chi connectivity index (χ0v) is 12.2. The number of halogens is 2. The van der Waals surface area contributed by atoms with E-state index in [-0.39, 0.29) is 0 Å². The summed E-state index contributed by atoms with van der Waals surface area (Å²) >= 11 is 7.09. The Morgan fingerprint density at radius 1 is 1.25 bits per heavy atom. The number of hydrogen-bond donors (Lipinski definition) is 1. The second-order valence-electron chi connectivity index (χ2n) is 4.18. The summed E-state index contributed by atoms with van der Waals surface area (Å²) in [5, 5.41) is 0. The summed E-state index contributed by atoms with van der Waals surface area (Å²) in [6.45, 7) is 1.49. The molecule has 0 atom stereocenters. The van der Waals surface area contributed by atoms with E-state index in [0.29, 0.717) is 6.54 Å². The lowest BCUT2D eigenvalue weighted by Crippen LogP contribution is -2.04. The number of nitrogens with two attached hydrogens (primary N) is 1. The van der Waals surface area contributed by atoms with E-state index in [1.807, 2.05) is 0 Å². The van der Waals surface area contributed by atoms with E-state index in [0.717, 1.165) is 33.6 Å². The normalized spacial score (nSPS) is 15.2. The summed E-state index contributed by atoms with van der Waals surface area (Å²) < 4.78 is 7.81. The highest BCUT2D eigenvalue weighted by molar-refractivity contribution is 9.11. The molecule has 1 aromatic carbocycles. The highest BCUT2D eigenvalue weighted by Crippen LogP contribution is 2.37. The smallest absolute Gasteiger partial charge is 0.147 e. The molecule has 2 N–H and O–H groups in total. The summed E-state index contributed by atoms with van der Waals surface area (Å²) in [7, 11) is 0. The third-order valence-electron chi connectivity index (χ3n) is 2.65. The summed E-state index contributed by atoms with van der Waals surface area (Å²) in [6, 6.07) is 4.17. The van der Waals surface area contributed by atoms with Gasteiger partial charge in [-0.3, -0.25) is 0 Å². The first-order chi connectivity index (χ1) is 7.70. The lowest BCUT2D eigenvalue weighted by molar-refractivity contribution is 0.296. The number of hydrogen-bond acceptors (Lipinski definition) is 2. The van der Waals surface area contributed by atoms with Crippen molar-refractivity contribution in [2.75, 3.05) is 13.2 Å². The predicted molar refractivity (Wildman–Crippen MR) is 72.8 cm³/mol. The lowest BCUT2D eigenvalue weighted by Gasteiger charge is -2.11. The van der Waals surface area contributed by atoms with Crippen molar-refractivity contribution in [2.24, 2.45) is 11.7 Å². The van der Waals surface area contributed by atoms with Crippen molar-refractivity contribution in [2.45, 2.75) is 19.3 Å². The van der Waals surface area contributed by atoms with Crippen molar-refractivity contribution in [1.82, 2.24) is 0 Å². The van der Waals surface area contributed by atoms with Crippen LogP contribution in [0.2, 0.25) is 0 Å². The fraction of sp³-hybridized carbons (Fsp3) is 0.500. The van der Waals surface area contributed by atoms with Gasteiger partial charge < -0.3 is 10.5 Å². The Hall–Kier alpha value is -0.0600. The minimum Gasteiger partial charge on any atom is -0.491 e. The van der Waals surface area contributed by atoms with Crippen LogP contribution in [0.3, 0.4) is 0 Å². The molecule has 1 saturated carbocycles. The van der Waals surface area contributed by atoms with E-state index in [1.165, 1.54) is 18.4 Å². The average Bonchev–Trinajstić information content (AvgIpc) is 3.00. The van der Waals surface area contributed by atoms with Crippen LogP contribution < -0.4 is 10.5 Å². The highest BCUT2D eigenvalue weighted by Gasteiger charge is 2.22. The van der Waals surface area contributed by atoms with E-state index >= 15 is 0 Å². The lowest BCUT2D eigenvalue weighted by atomic mass is 10.1. The molecule has 1 aliphatic carbocycles. The predicted octanol–water partition coefficient (Wildman–Crippen LogP) is 3.50. The van der Waals surface area contributed by atoms with Crippen LogP contribution in [0.1, 0.15) is 18.4 Å². The summed E-state index contributed by atoms with van der Waals surface area (Å²) in [5.74, 6) is 1.68. The third-order valence-corrected chi connectivity index (χ3v) is 3.83. The molecule has 4 heteroatoms. The SMILES string of the molecule is NCCc1cc(Br)c(OCC2CC2)c(Br)c1. The molecule has 1 fully saturated rings. The largest absolute Gasteiger partial charge is 0.491 e. The number of ether oxygens (including phenoxy) is 1. The molecule has 0 spiro atoms. The van der Waals surface area contributed by atoms with Crippen molar-refractivity contribution in [3.63, 3.8) is 0 Å². The fourth-order valence-corrected chi connectivity index (χ4v) is 3.06. The molecular weight excluding hydrogens is 334 g/mol. The minimum atomic E-state index is 0.668. The first kappa shape index (κ1) is 12.4. The van der Waals surface area contributed by atoms with Crippen LogP contribution in [0.4, 0.5) is 0 Å². The zero-order valence-electron chi connectivity index (χ0n) is 9.01. The molecule has 0 saturated heterocycles. The molecule has 88 valence electrons. The summed E-state index contributed by atoms with van der Waals surface area (Å²) in [4.78, 5) is 0. The second-order valence-corrected chi connectivity index (χ2v) is 5.89. The first-order valence-electron chi connectivity index (χ1n) is 5.51. The molecule has 1 aliphatic rings. The Morgan fingerprint density at radius 3 is 2.38 bits per heavy atom.